The van der Waals surface area contributed by atoms with E-state index in [1.54, 1.807) is 0 Å². The number of pyridine rings is 1. The van der Waals surface area contributed by atoms with Crippen molar-refractivity contribution in [2.45, 2.75) is 37.9 Å². The number of nitrogens with one attached hydrogen (secondary N) is 2. The lowest BCUT2D eigenvalue weighted by molar-refractivity contribution is 0.0524. The molecular formula is C17H25ClN4O. The van der Waals surface area contributed by atoms with Crippen LogP contribution in [0.5, 0.6) is 0 Å². The topological polar surface area (TPSA) is 50.6 Å². The van der Waals surface area contributed by atoms with Gasteiger partial charge in [0.15, 0.2) is 0 Å². The van der Waals surface area contributed by atoms with Gasteiger partial charge in [0.2, 0.25) is 0 Å². The molecule has 0 aromatic carbocycles. The molecule has 2 fully saturated rings. The van der Waals surface area contributed by atoms with Crippen LogP contribution in [-0.2, 0) is 11.3 Å². The van der Waals surface area contributed by atoms with Crippen LogP contribution >= 0.6 is 12.4 Å². The number of ether oxygens (including phenoxy) is 1. The van der Waals surface area contributed by atoms with E-state index < -0.39 is 0 Å². The molecule has 6 heteroatoms. The van der Waals surface area contributed by atoms with Crippen molar-refractivity contribution in [1.82, 2.24) is 20.0 Å². The molecule has 0 amide bonds. The summed E-state index contributed by atoms with van der Waals surface area (Å²) in [5.74, 6) is 0.678. The van der Waals surface area contributed by atoms with E-state index in [2.05, 4.69) is 26.2 Å². The van der Waals surface area contributed by atoms with E-state index in [1.165, 1.54) is 19.3 Å². The number of aromatic nitrogens is 2. The summed E-state index contributed by atoms with van der Waals surface area (Å²) in [7, 11) is 0. The van der Waals surface area contributed by atoms with E-state index in [4.69, 9.17) is 4.74 Å². The predicted octanol–water partition coefficient (Wildman–Crippen LogP) is 2.00. The highest BCUT2D eigenvalue weighted by Gasteiger charge is 2.34. The van der Waals surface area contributed by atoms with Crippen molar-refractivity contribution < 1.29 is 4.74 Å². The summed E-state index contributed by atoms with van der Waals surface area (Å²) in [5, 5.41) is 7.36. The summed E-state index contributed by atoms with van der Waals surface area (Å²) in [5.41, 5.74) is 2.13. The first-order valence-electron chi connectivity index (χ1n) is 8.37. The van der Waals surface area contributed by atoms with Gasteiger partial charge in [0.1, 0.15) is 5.65 Å². The molecule has 2 N–H and O–H groups in total. The average molecular weight is 337 g/mol. The van der Waals surface area contributed by atoms with Crippen molar-refractivity contribution >= 4 is 18.1 Å². The molecule has 0 radical (unpaired) electrons. The minimum Gasteiger partial charge on any atom is -0.379 e. The van der Waals surface area contributed by atoms with Crippen molar-refractivity contribution in [3.8, 4) is 0 Å². The Labute approximate surface area is 143 Å². The van der Waals surface area contributed by atoms with Crippen LogP contribution in [0.3, 0.4) is 0 Å². The van der Waals surface area contributed by atoms with Gasteiger partial charge in [-0.15, -0.1) is 12.4 Å². The fraction of sp³-hybridized carbons (Fsp3) is 0.588. The van der Waals surface area contributed by atoms with E-state index in [-0.39, 0.29) is 12.4 Å². The molecule has 2 aromatic rings. The minimum atomic E-state index is 0. The molecule has 0 bridgehead atoms. The van der Waals surface area contributed by atoms with Crippen molar-refractivity contribution in [3.05, 3.63) is 36.3 Å². The van der Waals surface area contributed by atoms with Gasteiger partial charge >= 0.3 is 0 Å². The monoisotopic (exact) mass is 336 g/mol. The van der Waals surface area contributed by atoms with Crippen LogP contribution in [-0.4, -0.2) is 41.2 Å². The first-order valence-corrected chi connectivity index (χ1v) is 8.37. The number of imidazole rings is 1. The molecule has 3 heterocycles. The number of halogens is 1. The third kappa shape index (κ3) is 3.69. The Morgan fingerprint density at radius 3 is 3.13 bits per heavy atom. The van der Waals surface area contributed by atoms with Crippen molar-refractivity contribution in [2.75, 3.05) is 19.8 Å². The fourth-order valence-electron chi connectivity index (χ4n) is 3.89. The zero-order valence-corrected chi connectivity index (χ0v) is 14.1. The highest BCUT2D eigenvalue weighted by atomic mass is 35.5. The Morgan fingerprint density at radius 1 is 1.35 bits per heavy atom. The van der Waals surface area contributed by atoms with E-state index in [0.717, 1.165) is 37.6 Å². The highest BCUT2D eigenvalue weighted by molar-refractivity contribution is 5.85. The molecule has 4 rings (SSSR count). The second kappa shape index (κ2) is 7.62. The lowest BCUT2D eigenvalue weighted by Gasteiger charge is -2.32. The molecule has 23 heavy (non-hydrogen) atoms. The average Bonchev–Trinajstić information content (AvgIpc) is 3.20. The SMILES string of the molecule is Cl.c1ccn2cc(CNC3CCCC3C3COCCN3)nc2c1. The Balaban J connectivity index is 0.00000156. The van der Waals surface area contributed by atoms with E-state index in [0.29, 0.717) is 18.0 Å². The first-order chi connectivity index (χ1) is 10.9. The zero-order chi connectivity index (χ0) is 14.8. The Bertz CT molecular complexity index is 593. The van der Waals surface area contributed by atoms with Crippen LogP contribution < -0.4 is 10.6 Å². The van der Waals surface area contributed by atoms with Gasteiger partial charge in [-0.05, 0) is 30.9 Å². The summed E-state index contributed by atoms with van der Waals surface area (Å²) < 4.78 is 7.72. The molecule has 1 aliphatic carbocycles. The van der Waals surface area contributed by atoms with Gasteiger partial charge in [-0.1, -0.05) is 12.5 Å². The van der Waals surface area contributed by atoms with Crippen LogP contribution in [0.4, 0.5) is 0 Å². The van der Waals surface area contributed by atoms with Gasteiger partial charge in [0.25, 0.3) is 0 Å². The van der Waals surface area contributed by atoms with Gasteiger partial charge in [-0.2, -0.15) is 0 Å². The second-order valence-corrected chi connectivity index (χ2v) is 6.42. The number of hydrogen-bond donors (Lipinski definition) is 2. The maximum atomic E-state index is 5.64. The lowest BCUT2D eigenvalue weighted by atomic mass is 9.94. The van der Waals surface area contributed by atoms with Gasteiger partial charge < -0.3 is 19.8 Å². The zero-order valence-electron chi connectivity index (χ0n) is 13.3. The van der Waals surface area contributed by atoms with Crippen LogP contribution in [0, 0.1) is 5.92 Å². The molecule has 3 unspecified atom stereocenters. The van der Waals surface area contributed by atoms with E-state index in [9.17, 15) is 0 Å². The van der Waals surface area contributed by atoms with Crippen molar-refractivity contribution in [2.24, 2.45) is 5.92 Å². The molecule has 126 valence electrons. The Hall–Kier alpha value is -1.14. The summed E-state index contributed by atoms with van der Waals surface area (Å²) in [6.07, 6.45) is 8.04. The number of hydrogen-bond acceptors (Lipinski definition) is 4. The Kier molecular flexibility index (Phi) is 5.54. The third-order valence-electron chi connectivity index (χ3n) is 5.00. The van der Waals surface area contributed by atoms with Gasteiger partial charge in [0, 0.05) is 37.6 Å². The normalized spacial score (nSPS) is 27.9. The standard InChI is InChI=1S/C17H24N4O.ClH/c1-2-8-21-11-13(20-17(21)6-1)10-19-15-5-3-4-14(15)16-12-22-9-7-18-16;/h1-2,6,8,11,14-16,18-19H,3-5,7,9-10,12H2;1H. The number of morpholine rings is 1. The van der Waals surface area contributed by atoms with E-state index in [1.807, 2.05) is 24.4 Å². The smallest absolute Gasteiger partial charge is 0.137 e. The molecule has 3 atom stereocenters. The number of fused-ring (bicyclic) bond motifs is 1. The van der Waals surface area contributed by atoms with Gasteiger partial charge in [0.05, 0.1) is 18.9 Å². The fourth-order valence-corrected chi connectivity index (χ4v) is 3.89. The number of nitrogens with zero attached hydrogens (tertiary/aromatic N) is 2. The van der Waals surface area contributed by atoms with Crippen molar-refractivity contribution in [3.63, 3.8) is 0 Å². The quantitative estimate of drug-likeness (QED) is 0.896. The summed E-state index contributed by atoms with van der Waals surface area (Å²) >= 11 is 0. The molecular weight excluding hydrogens is 312 g/mol. The van der Waals surface area contributed by atoms with Crippen LogP contribution in [0.1, 0.15) is 25.0 Å². The molecule has 2 aromatic heterocycles. The highest BCUT2D eigenvalue weighted by Crippen LogP contribution is 2.29. The van der Waals surface area contributed by atoms with Crippen LogP contribution in [0.25, 0.3) is 5.65 Å². The minimum absolute atomic E-state index is 0. The van der Waals surface area contributed by atoms with Crippen molar-refractivity contribution in [1.29, 1.82) is 0 Å². The molecule has 2 aliphatic rings. The molecule has 5 nitrogen and oxygen atoms in total. The summed E-state index contributed by atoms with van der Waals surface area (Å²) in [6, 6.07) is 7.19. The summed E-state index contributed by atoms with van der Waals surface area (Å²) in [6.45, 7) is 3.54. The first kappa shape index (κ1) is 16.7. The predicted molar refractivity (Wildman–Crippen MR) is 93.0 cm³/mol. The van der Waals surface area contributed by atoms with Crippen LogP contribution in [0.2, 0.25) is 0 Å². The molecule has 1 saturated carbocycles. The van der Waals surface area contributed by atoms with E-state index >= 15 is 0 Å². The van der Waals surface area contributed by atoms with Gasteiger partial charge in [-0.3, -0.25) is 0 Å². The second-order valence-electron chi connectivity index (χ2n) is 6.42. The van der Waals surface area contributed by atoms with Gasteiger partial charge in [-0.25, -0.2) is 4.98 Å². The third-order valence-corrected chi connectivity index (χ3v) is 5.00. The molecule has 1 saturated heterocycles. The maximum Gasteiger partial charge on any atom is 0.137 e. The maximum absolute atomic E-state index is 5.64. The summed E-state index contributed by atoms with van der Waals surface area (Å²) in [4.78, 5) is 4.67. The van der Waals surface area contributed by atoms with Crippen LogP contribution in [0.15, 0.2) is 30.6 Å². The largest absolute Gasteiger partial charge is 0.379 e. The lowest BCUT2D eigenvalue weighted by Crippen LogP contribution is -2.50. The Morgan fingerprint density at radius 2 is 2.30 bits per heavy atom. The molecule has 0 spiro atoms. The molecule has 1 aliphatic heterocycles. The number of rotatable bonds is 4.